The molecular formula is C17H36N2O. The monoisotopic (exact) mass is 284 g/mol. The van der Waals surface area contributed by atoms with E-state index in [1.54, 1.807) is 0 Å². The molecule has 1 saturated heterocycles. The van der Waals surface area contributed by atoms with E-state index < -0.39 is 0 Å². The molecule has 1 unspecified atom stereocenters. The molecule has 3 nitrogen and oxygen atoms in total. The SMILES string of the molecule is CCC(CCOC(C)(C)C)N1CCN(C(C)(C)C)CC1. The largest absolute Gasteiger partial charge is 0.376 e. The fourth-order valence-corrected chi connectivity index (χ4v) is 2.90. The maximum absolute atomic E-state index is 5.89. The van der Waals surface area contributed by atoms with E-state index in [2.05, 4.69) is 58.3 Å². The van der Waals surface area contributed by atoms with Crippen LogP contribution in [0.5, 0.6) is 0 Å². The van der Waals surface area contributed by atoms with Crippen LogP contribution in [0.2, 0.25) is 0 Å². The number of ether oxygens (including phenoxy) is 1. The highest BCUT2D eigenvalue weighted by Crippen LogP contribution is 2.19. The molecule has 0 amide bonds. The molecule has 1 atom stereocenters. The summed E-state index contributed by atoms with van der Waals surface area (Å²) >= 11 is 0. The lowest BCUT2D eigenvalue weighted by Crippen LogP contribution is -2.55. The summed E-state index contributed by atoms with van der Waals surface area (Å²) in [5.74, 6) is 0. The Kier molecular flexibility index (Phi) is 6.49. The minimum atomic E-state index is -0.0107. The van der Waals surface area contributed by atoms with Gasteiger partial charge < -0.3 is 4.74 Å². The van der Waals surface area contributed by atoms with Crippen molar-refractivity contribution in [2.45, 2.75) is 78.5 Å². The number of rotatable bonds is 5. The van der Waals surface area contributed by atoms with Crippen molar-refractivity contribution in [3.05, 3.63) is 0 Å². The van der Waals surface area contributed by atoms with Crippen LogP contribution in [-0.4, -0.2) is 59.8 Å². The molecule has 0 aromatic heterocycles. The topological polar surface area (TPSA) is 15.7 Å². The van der Waals surface area contributed by atoms with Crippen molar-refractivity contribution in [3.63, 3.8) is 0 Å². The average Bonchev–Trinajstić information content (AvgIpc) is 2.32. The van der Waals surface area contributed by atoms with E-state index in [1.165, 1.54) is 32.6 Å². The normalized spacial score (nSPS) is 21.1. The number of hydrogen-bond donors (Lipinski definition) is 0. The fraction of sp³-hybridized carbons (Fsp3) is 1.00. The summed E-state index contributed by atoms with van der Waals surface area (Å²) in [5, 5.41) is 0. The molecule has 0 aromatic rings. The Morgan fingerprint density at radius 2 is 1.50 bits per heavy atom. The Morgan fingerprint density at radius 1 is 0.950 bits per heavy atom. The summed E-state index contributed by atoms with van der Waals surface area (Å²) in [4.78, 5) is 5.26. The van der Waals surface area contributed by atoms with E-state index >= 15 is 0 Å². The van der Waals surface area contributed by atoms with Gasteiger partial charge in [0.2, 0.25) is 0 Å². The van der Waals surface area contributed by atoms with E-state index in [0.717, 1.165) is 13.0 Å². The summed E-state index contributed by atoms with van der Waals surface area (Å²) in [6.07, 6.45) is 2.38. The lowest BCUT2D eigenvalue weighted by atomic mass is 10.0. The predicted molar refractivity (Wildman–Crippen MR) is 87.3 cm³/mol. The molecule has 0 aliphatic carbocycles. The van der Waals surface area contributed by atoms with Gasteiger partial charge in [-0.3, -0.25) is 9.80 Å². The first-order chi connectivity index (χ1) is 9.13. The highest BCUT2D eigenvalue weighted by molar-refractivity contribution is 4.84. The minimum Gasteiger partial charge on any atom is -0.376 e. The third-order valence-corrected chi connectivity index (χ3v) is 4.24. The van der Waals surface area contributed by atoms with Crippen molar-refractivity contribution in [3.8, 4) is 0 Å². The van der Waals surface area contributed by atoms with Gasteiger partial charge in [0.25, 0.3) is 0 Å². The Labute approximate surface area is 126 Å². The maximum atomic E-state index is 5.89. The van der Waals surface area contributed by atoms with Crippen molar-refractivity contribution < 1.29 is 4.74 Å². The Bertz CT molecular complexity index is 267. The molecule has 20 heavy (non-hydrogen) atoms. The van der Waals surface area contributed by atoms with Crippen LogP contribution in [0, 0.1) is 0 Å². The van der Waals surface area contributed by atoms with E-state index in [0.29, 0.717) is 11.6 Å². The van der Waals surface area contributed by atoms with Crippen molar-refractivity contribution in [1.29, 1.82) is 0 Å². The summed E-state index contributed by atoms with van der Waals surface area (Å²) in [5.41, 5.74) is 0.298. The van der Waals surface area contributed by atoms with E-state index in [4.69, 9.17) is 4.74 Å². The molecular weight excluding hydrogens is 248 g/mol. The molecule has 1 rings (SSSR count). The second-order valence-electron chi connectivity index (χ2n) is 8.01. The summed E-state index contributed by atoms with van der Waals surface area (Å²) in [6.45, 7) is 21.3. The van der Waals surface area contributed by atoms with E-state index in [9.17, 15) is 0 Å². The Hall–Kier alpha value is -0.120. The van der Waals surface area contributed by atoms with Crippen LogP contribution in [0.3, 0.4) is 0 Å². The van der Waals surface area contributed by atoms with E-state index in [1.807, 2.05) is 0 Å². The molecule has 120 valence electrons. The van der Waals surface area contributed by atoms with Gasteiger partial charge in [0.1, 0.15) is 0 Å². The maximum Gasteiger partial charge on any atom is 0.0598 e. The van der Waals surface area contributed by atoms with Crippen molar-refractivity contribution >= 4 is 0 Å². The number of piperazine rings is 1. The number of hydrogen-bond acceptors (Lipinski definition) is 3. The average molecular weight is 284 g/mol. The van der Waals surface area contributed by atoms with Crippen LogP contribution in [0.25, 0.3) is 0 Å². The van der Waals surface area contributed by atoms with Gasteiger partial charge in [-0.05, 0) is 54.4 Å². The summed E-state index contributed by atoms with van der Waals surface area (Å²) in [6, 6.07) is 0.680. The van der Waals surface area contributed by atoms with E-state index in [-0.39, 0.29) is 5.60 Å². The zero-order valence-corrected chi connectivity index (χ0v) is 14.8. The second-order valence-corrected chi connectivity index (χ2v) is 8.01. The molecule has 1 heterocycles. The summed E-state index contributed by atoms with van der Waals surface area (Å²) < 4.78 is 5.89. The first kappa shape index (κ1) is 17.9. The van der Waals surface area contributed by atoms with Crippen molar-refractivity contribution in [2.75, 3.05) is 32.8 Å². The summed E-state index contributed by atoms with van der Waals surface area (Å²) in [7, 11) is 0. The molecule has 1 aliphatic rings. The fourth-order valence-electron chi connectivity index (χ4n) is 2.90. The Morgan fingerprint density at radius 3 is 1.90 bits per heavy atom. The van der Waals surface area contributed by atoms with Gasteiger partial charge in [0, 0.05) is 44.4 Å². The molecule has 0 saturated carbocycles. The second kappa shape index (κ2) is 7.24. The first-order valence-corrected chi connectivity index (χ1v) is 8.26. The molecule has 1 aliphatic heterocycles. The standard InChI is InChI=1S/C17H36N2O/c1-8-15(9-14-20-17(5,6)7)18-10-12-19(13-11-18)16(2,3)4/h15H,8-14H2,1-7H3. The van der Waals surface area contributed by atoms with Crippen LogP contribution in [0.4, 0.5) is 0 Å². The lowest BCUT2D eigenvalue weighted by molar-refractivity contribution is -0.0208. The molecule has 0 aromatic carbocycles. The zero-order valence-electron chi connectivity index (χ0n) is 14.8. The van der Waals surface area contributed by atoms with Crippen LogP contribution in [0.1, 0.15) is 61.3 Å². The van der Waals surface area contributed by atoms with Gasteiger partial charge in [-0.2, -0.15) is 0 Å². The lowest BCUT2D eigenvalue weighted by Gasteiger charge is -2.44. The third-order valence-electron chi connectivity index (χ3n) is 4.24. The quantitative estimate of drug-likeness (QED) is 0.769. The Balaban J connectivity index is 2.37. The molecule has 0 bridgehead atoms. The predicted octanol–water partition coefficient (Wildman–Crippen LogP) is 3.39. The van der Waals surface area contributed by atoms with Crippen LogP contribution in [-0.2, 0) is 4.74 Å². The highest BCUT2D eigenvalue weighted by Gasteiger charge is 2.28. The van der Waals surface area contributed by atoms with Gasteiger partial charge in [-0.1, -0.05) is 6.92 Å². The molecule has 0 N–H and O–H groups in total. The minimum absolute atomic E-state index is 0.0107. The molecule has 3 heteroatoms. The van der Waals surface area contributed by atoms with Gasteiger partial charge in [-0.15, -0.1) is 0 Å². The van der Waals surface area contributed by atoms with Crippen molar-refractivity contribution in [2.24, 2.45) is 0 Å². The smallest absolute Gasteiger partial charge is 0.0598 e. The number of nitrogens with zero attached hydrogens (tertiary/aromatic N) is 2. The van der Waals surface area contributed by atoms with Gasteiger partial charge in [0.05, 0.1) is 5.60 Å². The van der Waals surface area contributed by atoms with Crippen LogP contribution < -0.4 is 0 Å². The van der Waals surface area contributed by atoms with Gasteiger partial charge in [0.15, 0.2) is 0 Å². The first-order valence-electron chi connectivity index (χ1n) is 8.26. The van der Waals surface area contributed by atoms with Crippen LogP contribution in [0.15, 0.2) is 0 Å². The highest BCUT2D eigenvalue weighted by atomic mass is 16.5. The zero-order chi connectivity index (χ0) is 15.4. The van der Waals surface area contributed by atoms with Crippen LogP contribution >= 0.6 is 0 Å². The van der Waals surface area contributed by atoms with Gasteiger partial charge >= 0.3 is 0 Å². The molecule has 0 radical (unpaired) electrons. The van der Waals surface area contributed by atoms with Crippen molar-refractivity contribution in [1.82, 2.24) is 9.80 Å². The molecule has 0 spiro atoms. The third kappa shape index (κ3) is 6.11. The van der Waals surface area contributed by atoms with Gasteiger partial charge in [-0.25, -0.2) is 0 Å². The molecule has 1 fully saturated rings.